The molecule has 2 heterocycles. The quantitative estimate of drug-likeness (QED) is 0.886. The first-order chi connectivity index (χ1) is 9.00. The Labute approximate surface area is 114 Å². The van der Waals surface area contributed by atoms with Crippen LogP contribution in [0.1, 0.15) is 24.5 Å². The van der Waals surface area contributed by atoms with Crippen molar-refractivity contribution in [1.29, 1.82) is 0 Å². The molecular formula is C14H23N3O2. The molecule has 106 valence electrons. The zero-order chi connectivity index (χ0) is 14.0. The molecule has 0 aromatic carbocycles. The maximum Gasteiger partial charge on any atom is 0.240 e. The number of rotatable bonds is 3. The van der Waals surface area contributed by atoms with Gasteiger partial charge in [0.25, 0.3) is 0 Å². The van der Waals surface area contributed by atoms with Crippen molar-refractivity contribution in [3.05, 3.63) is 23.7 Å². The molecule has 2 rings (SSSR count). The second-order valence-corrected chi connectivity index (χ2v) is 5.31. The van der Waals surface area contributed by atoms with Crippen molar-refractivity contribution < 1.29 is 9.21 Å². The Morgan fingerprint density at radius 3 is 2.84 bits per heavy atom. The summed E-state index contributed by atoms with van der Waals surface area (Å²) in [5, 5.41) is 3.29. The predicted octanol–water partition coefficient (Wildman–Crippen LogP) is 1.01. The summed E-state index contributed by atoms with van der Waals surface area (Å²) in [6.07, 6.45) is 0. The smallest absolute Gasteiger partial charge is 0.240 e. The molecule has 1 aromatic heterocycles. The zero-order valence-electron chi connectivity index (χ0n) is 12.1. The Hall–Kier alpha value is -1.33. The van der Waals surface area contributed by atoms with E-state index in [0.29, 0.717) is 6.54 Å². The molecule has 1 amide bonds. The minimum atomic E-state index is -0.121. The fraction of sp³-hybridized carbons (Fsp3) is 0.643. The highest BCUT2D eigenvalue weighted by molar-refractivity contribution is 5.81. The van der Waals surface area contributed by atoms with E-state index >= 15 is 0 Å². The normalized spacial score (nSPS) is 22.2. The van der Waals surface area contributed by atoms with Crippen LogP contribution < -0.4 is 5.32 Å². The van der Waals surface area contributed by atoms with Crippen LogP contribution in [0.5, 0.6) is 0 Å². The summed E-state index contributed by atoms with van der Waals surface area (Å²) in [4.78, 5) is 16.1. The first kappa shape index (κ1) is 14.1. The number of aryl methyl sites for hydroxylation is 1. The molecule has 0 radical (unpaired) electrons. The number of piperazine rings is 1. The van der Waals surface area contributed by atoms with Crippen LogP contribution >= 0.6 is 0 Å². The van der Waals surface area contributed by atoms with Crippen molar-refractivity contribution in [3.63, 3.8) is 0 Å². The molecule has 1 N–H and O–H groups in total. The fourth-order valence-electron chi connectivity index (χ4n) is 2.55. The van der Waals surface area contributed by atoms with Crippen LogP contribution in [0.4, 0.5) is 0 Å². The Balaban J connectivity index is 2.17. The number of carbonyl (C=O) groups is 1. The molecule has 19 heavy (non-hydrogen) atoms. The first-order valence-corrected chi connectivity index (χ1v) is 6.74. The number of nitrogens with one attached hydrogen (secondary N) is 1. The summed E-state index contributed by atoms with van der Waals surface area (Å²) in [5.41, 5.74) is 0. The van der Waals surface area contributed by atoms with Gasteiger partial charge in [0.05, 0.1) is 6.04 Å². The van der Waals surface area contributed by atoms with Gasteiger partial charge in [0.2, 0.25) is 5.91 Å². The molecular weight excluding hydrogens is 242 g/mol. The van der Waals surface area contributed by atoms with Crippen LogP contribution in [-0.2, 0) is 4.79 Å². The van der Waals surface area contributed by atoms with Gasteiger partial charge in [-0.15, -0.1) is 0 Å². The second kappa shape index (κ2) is 5.75. The van der Waals surface area contributed by atoms with Crippen LogP contribution in [0, 0.1) is 6.92 Å². The van der Waals surface area contributed by atoms with Crippen LogP contribution in [0.3, 0.4) is 0 Å². The molecule has 5 heteroatoms. The average Bonchev–Trinajstić information content (AvgIpc) is 2.83. The third kappa shape index (κ3) is 2.98. The Kier molecular flexibility index (Phi) is 4.27. The Morgan fingerprint density at radius 1 is 1.53 bits per heavy atom. The molecule has 1 aromatic rings. The minimum Gasteiger partial charge on any atom is -0.465 e. The van der Waals surface area contributed by atoms with Gasteiger partial charge in [-0.25, -0.2) is 0 Å². The number of carbonyl (C=O) groups excluding carboxylic acids is 1. The lowest BCUT2D eigenvalue weighted by Gasteiger charge is -2.39. The zero-order valence-corrected chi connectivity index (χ0v) is 12.1. The van der Waals surface area contributed by atoms with E-state index in [1.807, 2.05) is 19.1 Å². The van der Waals surface area contributed by atoms with E-state index in [0.717, 1.165) is 24.6 Å². The van der Waals surface area contributed by atoms with Crippen molar-refractivity contribution in [2.45, 2.75) is 25.9 Å². The lowest BCUT2D eigenvalue weighted by atomic mass is 10.1. The van der Waals surface area contributed by atoms with Crippen LogP contribution in [0.25, 0.3) is 0 Å². The maximum absolute atomic E-state index is 12.3. The lowest BCUT2D eigenvalue weighted by Crippen LogP contribution is -2.58. The summed E-state index contributed by atoms with van der Waals surface area (Å²) in [5.74, 6) is 1.98. The van der Waals surface area contributed by atoms with Gasteiger partial charge in [-0.3, -0.25) is 9.69 Å². The summed E-state index contributed by atoms with van der Waals surface area (Å²) in [7, 11) is 3.60. The van der Waals surface area contributed by atoms with Crippen molar-refractivity contribution >= 4 is 5.91 Å². The van der Waals surface area contributed by atoms with Gasteiger partial charge < -0.3 is 14.6 Å². The highest BCUT2D eigenvalue weighted by Gasteiger charge is 2.34. The number of likely N-dealkylation sites (N-methyl/N-ethyl adjacent to an activating group) is 1. The highest BCUT2D eigenvalue weighted by Crippen LogP contribution is 2.25. The van der Waals surface area contributed by atoms with Crippen LogP contribution in [-0.4, -0.2) is 55.5 Å². The van der Waals surface area contributed by atoms with Crippen molar-refractivity contribution in [3.8, 4) is 0 Å². The third-order valence-corrected chi connectivity index (χ3v) is 3.68. The summed E-state index contributed by atoms with van der Waals surface area (Å²) in [6, 6.07) is 3.96. The van der Waals surface area contributed by atoms with Crippen molar-refractivity contribution in [2.75, 3.05) is 33.7 Å². The van der Waals surface area contributed by atoms with Gasteiger partial charge in [-0.2, -0.15) is 0 Å². The van der Waals surface area contributed by atoms with E-state index in [4.69, 9.17) is 4.42 Å². The van der Waals surface area contributed by atoms with Gasteiger partial charge in [-0.05, 0) is 26.0 Å². The second-order valence-electron chi connectivity index (χ2n) is 5.31. The first-order valence-electron chi connectivity index (χ1n) is 6.74. The maximum atomic E-state index is 12.3. The van der Waals surface area contributed by atoms with Gasteiger partial charge >= 0.3 is 0 Å². The van der Waals surface area contributed by atoms with E-state index in [9.17, 15) is 4.79 Å². The predicted molar refractivity (Wildman–Crippen MR) is 73.9 cm³/mol. The highest BCUT2D eigenvalue weighted by atomic mass is 16.3. The van der Waals surface area contributed by atoms with Gasteiger partial charge in [0.1, 0.15) is 17.6 Å². The average molecular weight is 265 g/mol. The number of amides is 1. The van der Waals surface area contributed by atoms with E-state index in [1.54, 1.807) is 19.0 Å². The molecule has 1 aliphatic heterocycles. The number of furan rings is 1. The summed E-state index contributed by atoms with van der Waals surface area (Å²) >= 11 is 0. The van der Waals surface area contributed by atoms with Gasteiger partial charge in [0.15, 0.2) is 0 Å². The lowest BCUT2D eigenvalue weighted by molar-refractivity contribution is -0.136. The number of hydrogen-bond acceptors (Lipinski definition) is 4. The fourth-order valence-corrected chi connectivity index (χ4v) is 2.55. The standard InChI is InChI=1S/C14H23N3O2/c1-10-5-6-13(19-10)11(2)17-8-7-15-9-12(17)14(18)16(3)4/h5-6,11-12,15H,7-9H2,1-4H3. The minimum absolute atomic E-state index is 0.115. The molecule has 5 nitrogen and oxygen atoms in total. The van der Waals surface area contributed by atoms with Crippen molar-refractivity contribution in [1.82, 2.24) is 15.1 Å². The number of hydrogen-bond donors (Lipinski definition) is 1. The molecule has 1 saturated heterocycles. The largest absolute Gasteiger partial charge is 0.465 e. The molecule has 0 bridgehead atoms. The van der Waals surface area contributed by atoms with Gasteiger partial charge in [-0.1, -0.05) is 0 Å². The molecule has 2 unspecified atom stereocenters. The van der Waals surface area contributed by atoms with Crippen molar-refractivity contribution in [2.24, 2.45) is 0 Å². The monoisotopic (exact) mass is 265 g/mol. The molecule has 0 aliphatic carbocycles. The van der Waals surface area contributed by atoms with Crippen LogP contribution in [0.2, 0.25) is 0 Å². The van der Waals surface area contributed by atoms with E-state index in [1.165, 1.54) is 0 Å². The summed E-state index contributed by atoms with van der Waals surface area (Å²) < 4.78 is 5.70. The van der Waals surface area contributed by atoms with E-state index in [2.05, 4.69) is 17.1 Å². The Morgan fingerprint density at radius 2 is 2.26 bits per heavy atom. The SMILES string of the molecule is Cc1ccc(C(C)N2CCNCC2C(=O)N(C)C)o1. The molecule has 1 fully saturated rings. The number of nitrogens with zero attached hydrogens (tertiary/aromatic N) is 2. The molecule has 2 atom stereocenters. The Bertz CT molecular complexity index is 442. The molecule has 0 saturated carbocycles. The van der Waals surface area contributed by atoms with E-state index < -0.39 is 0 Å². The van der Waals surface area contributed by atoms with E-state index in [-0.39, 0.29) is 18.0 Å². The molecule has 0 spiro atoms. The molecule has 1 aliphatic rings. The third-order valence-electron chi connectivity index (χ3n) is 3.68. The summed E-state index contributed by atoms with van der Waals surface area (Å²) in [6.45, 7) is 6.49. The van der Waals surface area contributed by atoms with Crippen LogP contribution in [0.15, 0.2) is 16.5 Å². The van der Waals surface area contributed by atoms with Gasteiger partial charge in [0, 0.05) is 33.7 Å². The topological polar surface area (TPSA) is 48.7 Å².